The fourth-order valence-electron chi connectivity index (χ4n) is 5.52. The lowest BCUT2D eigenvalue weighted by atomic mass is 10.0. The zero-order valence-corrected chi connectivity index (χ0v) is 25.2. The van der Waals surface area contributed by atoms with Gasteiger partial charge in [0.2, 0.25) is 11.8 Å². The van der Waals surface area contributed by atoms with Gasteiger partial charge in [0.15, 0.2) is 0 Å². The number of nitrogens with one attached hydrogen (secondary N) is 1. The van der Waals surface area contributed by atoms with Crippen LogP contribution in [0, 0.1) is 5.82 Å². The van der Waals surface area contributed by atoms with Crippen LogP contribution in [0.3, 0.4) is 0 Å². The highest BCUT2D eigenvalue weighted by molar-refractivity contribution is 7.93. The minimum Gasteiger partial charge on any atom is -0.352 e. The van der Waals surface area contributed by atoms with E-state index in [9.17, 15) is 22.4 Å². The Morgan fingerprint density at radius 2 is 1.63 bits per heavy atom. The van der Waals surface area contributed by atoms with Crippen LogP contribution in [0.1, 0.15) is 44.2 Å². The van der Waals surface area contributed by atoms with Crippen LogP contribution < -0.4 is 9.62 Å². The minimum atomic E-state index is -3.76. The number of carbonyl (C=O) groups is 2. The van der Waals surface area contributed by atoms with Gasteiger partial charge in [-0.05, 0) is 48.9 Å². The second-order valence-corrected chi connectivity index (χ2v) is 12.8. The molecule has 0 saturated carbocycles. The van der Waals surface area contributed by atoms with E-state index < -0.39 is 21.9 Å². The number of nitrogens with zero attached hydrogens (tertiary/aromatic N) is 2. The molecule has 1 heterocycles. The van der Waals surface area contributed by atoms with E-state index in [0.717, 1.165) is 10.9 Å². The van der Waals surface area contributed by atoms with Crippen molar-refractivity contribution >= 4 is 38.3 Å². The third kappa shape index (κ3) is 6.41. The fourth-order valence-corrected chi connectivity index (χ4v) is 7.27. The van der Waals surface area contributed by atoms with Gasteiger partial charge in [-0.15, -0.1) is 0 Å². The molecule has 0 unspecified atom stereocenters. The Kier molecular flexibility index (Phi) is 9.11. The second kappa shape index (κ2) is 13.0. The van der Waals surface area contributed by atoms with Crippen LogP contribution in [0.5, 0.6) is 0 Å². The van der Waals surface area contributed by atoms with Crippen molar-refractivity contribution in [1.29, 1.82) is 0 Å². The number of carbonyl (C=O) groups excluding carboxylic acids is 2. The maximum absolute atomic E-state index is 14.8. The zero-order chi connectivity index (χ0) is 30.6. The topological polar surface area (TPSA) is 86.8 Å². The molecule has 2 amide bonds. The molecule has 0 aromatic heterocycles. The Balaban J connectivity index is 1.41. The smallest absolute Gasteiger partial charge is 0.265 e. The molecule has 0 aliphatic carbocycles. The van der Waals surface area contributed by atoms with E-state index in [4.69, 9.17) is 0 Å². The first-order valence-electron chi connectivity index (χ1n) is 14.6. The fraction of sp³-hybridized carbons (Fsp3) is 0.294. The Morgan fingerprint density at radius 1 is 0.930 bits per heavy atom. The molecule has 2 atom stereocenters. The number of hydrogen-bond donors (Lipinski definition) is 1. The number of rotatable bonds is 12. The van der Waals surface area contributed by atoms with Gasteiger partial charge >= 0.3 is 0 Å². The zero-order valence-electron chi connectivity index (χ0n) is 24.4. The molecule has 4 aromatic carbocycles. The van der Waals surface area contributed by atoms with Gasteiger partial charge in [0.1, 0.15) is 11.9 Å². The minimum absolute atomic E-state index is 0.0192. The van der Waals surface area contributed by atoms with Crippen LogP contribution in [-0.4, -0.2) is 43.8 Å². The summed E-state index contributed by atoms with van der Waals surface area (Å²) in [6.07, 6.45) is 1.17. The largest absolute Gasteiger partial charge is 0.352 e. The van der Waals surface area contributed by atoms with Crippen LogP contribution in [0.4, 0.5) is 10.1 Å². The van der Waals surface area contributed by atoms with Crippen molar-refractivity contribution in [1.82, 2.24) is 10.2 Å². The lowest BCUT2D eigenvalue weighted by molar-refractivity contribution is -0.141. The maximum atomic E-state index is 14.8. The average Bonchev–Trinajstić information content (AvgIpc) is 3.23. The van der Waals surface area contributed by atoms with Gasteiger partial charge in [-0.3, -0.25) is 13.9 Å². The van der Waals surface area contributed by atoms with Crippen molar-refractivity contribution in [2.24, 2.45) is 0 Å². The van der Waals surface area contributed by atoms with Gasteiger partial charge in [-0.2, -0.15) is 0 Å². The normalized spacial score (nSPS) is 14.8. The van der Waals surface area contributed by atoms with Crippen LogP contribution >= 0.6 is 0 Å². The van der Waals surface area contributed by atoms with Gasteiger partial charge in [0.05, 0.1) is 10.6 Å². The lowest BCUT2D eigenvalue weighted by Crippen LogP contribution is -2.52. The molecule has 1 aliphatic rings. The van der Waals surface area contributed by atoms with Crippen LogP contribution in [0.2, 0.25) is 0 Å². The van der Waals surface area contributed by atoms with E-state index in [0.29, 0.717) is 23.1 Å². The molecule has 43 heavy (non-hydrogen) atoms. The highest BCUT2D eigenvalue weighted by Crippen LogP contribution is 2.42. The summed E-state index contributed by atoms with van der Waals surface area (Å²) in [5.74, 6) is -1.13. The summed E-state index contributed by atoms with van der Waals surface area (Å²) in [6.45, 7) is 3.86. The first-order valence-corrected chi connectivity index (χ1v) is 16.1. The van der Waals surface area contributed by atoms with Gasteiger partial charge in [0.25, 0.3) is 10.0 Å². The Bertz CT molecular complexity index is 1720. The predicted molar refractivity (Wildman–Crippen MR) is 166 cm³/mol. The van der Waals surface area contributed by atoms with Gasteiger partial charge < -0.3 is 10.2 Å². The summed E-state index contributed by atoms with van der Waals surface area (Å²) in [6, 6.07) is 25.3. The number of sulfonamides is 1. The predicted octanol–water partition coefficient (Wildman–Crippen LogP) is 5.82. The van der Waals surface area contributed by atoms with E-state index in [1.807, 2.05) is 62.4 Å². The third-order valence-electron chi connectivity index (χ3n) is 8.00. The molecule has 5 rings (SSSR count). The van der Waals surface area contributed by atoms with Crippen molar-refractivity contribution in [2.45, 2.75) is 63.1 Å². The van der Waals surface area contributed by atoms with Gasteiger partial charge in [-0.1, -0.05) is 79.7 Å². The highest BCUT2D eigenvalue weighted by Gasteiger charge is 2.36. The van der Waals surface area contributed by atoms with E-state index in [2.05, 4.69) is 5.32 Å². The molecule has 4 aromatic rings. The number of amides is 2. The summed E-state index contributed by atoms with van der Waals surface area (Å²) in [7, 11) is -3.76. The molecule has 1 N–H and O–H groups in total. The average molecular weight is 602 g/mol. The van der Waals surface area contributed by atoms with Crippen molar-refractivity contribution in [3.63, 3.8) is 0 Å². The molecule has 224 valence electrons. The van der Waals surface area contributed by atoms with Crippen molar-refractivity contribution in [3.05, 3.63) is 108 Å². The molecule has 9 heteroatoms. The summed E-state index contributed by atoms with van der Waals surface area (Å²) >= 11 is 0. The van der Waals surface area contributed by atoms with Gasteiger partial charge in [0, 0.05) is 42.9 Å². The van der Waals surface area contributed by atoms with E-state index in [1.165, 1.54) is 15.3 Å². The summed E-state index contributed by atoms with van der Waals surface area (Å²) < 4.78 is 43.0. The van der Waals surface area contributed by atoms with Crippen molar-refractivity contribution in [3.8, 4) is 0 Å². The summed E-state index contributed by atoms with van der Waals surface area (Å²) in [5.41, 5.74) is 1.76. The molecule has 0 fully saturated rings. The van der Waals surface area contributed by atoms with Crippen molar-refractivity contribution < 1.29 is 22.4 Å². The Labute approximate surface area is 252 Å². The van der Waals surface area contributed by atoms with Crippen molar-refractivity contribution in [2.75, 3.05) is 10.8 Å². The number of anilines is 1. The van der Waals surface area contributed by atoms with Crippen LogP contribution in [0.15, 0.2) is 95.9 Å². The molecule has 0 spiro atoms. The SMILES string of the molecule is CC[C@@H](C)NC(=O)[C@H](Cc1ccccc1)N(Cc1ccccc1F)C(=O)CCCN1c2cccc3cccc(c23)S1(=O)=O. The summed E-state index contributed by atoms with van der Waals surface area (Å²) in [5, 5.41) is 4.52. The first-order chi connectivity index (χ1) is 20.7. The number of hydrogen-bond acceptors (Lipinski definition) is 4. The molecule has 7 nitrogen and oxygen atoms in total. The number of halogens is 1. The monoisotopic (exact) mass is 601 g/mol. The molecular formula is C34H36FN3O4S. The molecule has 0 saturated heterocycles. The Hall–Kier alpha value is -4.24. The standard InChI is InChI=1S/C34H36FN3O4S/c1-3-24(2)36-34(40)30(22-25-12-5-4-6-13-25)37(23-27-14-7-8-17-28(27)35)32(39)20-11-21-38-29-18-9-15-26-16-10-19-31(33(26)29)43(38,41)42/h4-10,12-19,24,30H,3,11,20-23H2,1-2H3,(H,36,40)/t24-,30+/m1/s1. The summed E-state index contributed by atoms with van der Waals surface area (Å²) in [4.78, 5) is 29.3. The molecular weight excluding hydrogens is 565 g/mol. The molecule has 1 aliphatic heterocycles. The van der Waals surface area contributed by atoms with Gasteiger partial charge in [-0.25, -0.2) is 12.8 Å². The highest BCUT2D eigenvalue weighted by atomic mass is 32.2. The van der Waals surface area contributed by atoms with E-state index in [1.54, 1.807) is 36.4 Å². The van der Waals surface area contributed by atoms with Crippen LogP contribution in [0.25, 0.3) is 10.8 Å². The second-order valence-electron chi connectivity index (χ2n) is 10.9. The molecule has 0 bridgehead atoms. The number of benzene rings is 4. The Morgan fingerprint density at radius 3 is 2.35 bits per heavy atom. The van der Waals surface area contributed by atoms with Crippen LogP contribution in [-0.2, 0) is 32.6 Å². The quantitative estimate of drug-likeness (QED) is 0.222. The molecule has 0 radical (unpaired) electrons. The first kappa shape index (κ1) is 30.2. The third-order valence-corrected chi connectivity index (χ3v) is 9.86. The maximum Gasteiger partial charge on any atom is 0.265 e. The lowest BCUT2D eigenvalue weighted by Gasteiger charge is -2.32. The van der Waals surface area contributed by atoms with E-state index >= 15 is 0 Å². The van der Waals surface area contributed by atoms with E-state index in [-0.39, 0.29) is 55.1 Å².